The minimum Gasteiger partial charge on any atom is -0.444 e. The second kappa shape index (κ2) is 5.11. The maximum absolute atomic E-state index is 10.2. The standard InChI is InChI=1S/C5H10N2O2/c1-2-3-4-9-5(8)7-6/h2-3H,4,6H2,1H3,(H,7,8). The first-order valence-corrected chi connectivity index (χ1v) is 2.55. The molecule has 0 bridgehead atoms. The number of allylic oxidation sites excluding steroid dienone is 1. The van der Waals surface area contributed by atoms with Gasteiger partial charge in [0.2, 0.25) is 0 Å². The van der Waals surface area contributed by atoms with E-state index in [1.165, 1.54) is 0 Å². The molecule has 0 spiro atoms. The number of carbonyl (C=O) groups is 1. The largest absolute Gasteiger partial charge is 0.444 e. The Kier molecular flexibility index (Phi) is 4.53. The van der Waals surface area contributed by atoms with Gasteiger partial charge in [-0.3, -0.25) is 5.43 Å². The third-order valence-corrected chi connectivity index (χ3v) is 0.664. The minimum atomic E-state index is -0.617. The van der Waals surface area contributed by atoms with Crippen LogP contribution in [0.2, 0.25) is 0 Å². The molecule has 52 valence electrons. The molecule has 0 aromatic carbocycles. The van der Waals surface area contributed by atoms with E-state index in [0.29, 0.717) is 0 Å². The van der Waals surface area contributed by atoms with E-state index >= 15 is 0 Å². The summed E-state index contributed by atoms with van der Waals surface area (Å²) in [4.78, 5) is 10.2. The number of amides is 1. The smallest absolute Gasteiger partial charge is 0.421 e. The fourth-order valence-electron chi connectivity index (χ4n) is 0.262. The second-order valence-electron chi connectivity index (χ2n) is 1.31. The number of hydrogen-bond acceptors (Lipinski definition) is 3. The summed E-state index contributed by atoms with van der Waals surface area (Å²) in [5.74, 6) is 4.71. The van der Waals surface area contributed by atoms with Crippen molar-refractivity contribution in [2.45, 2.75) is 6.92 Å². The first-order chi connectivity index (χ1) is 4.31. The predicted molar refractivity (Wildman–Crippen MR) is 33.5 cm³/mol. The van der Waals surface area contributed by atoms with Crippen molar-refractivity contribution in [3.8, 4) is 0 Å². The number of carbonyl (C=O) groups excluding carboxylic acids is 1. The van der Waals surface area contributed by atoms with Crippen LogP contribution in [0.1, 0.15) is 6.92 Å². The summed E-state index contributed by atoms with van der Waals surface area (Å²) in [5.41, 5.74) is 1.83. The quantitative estimate of drug-likeness (QED) is 0.242. The first-order valence-electron chi connectivity index (χ1n) is 2.55. The van der Waals surface area contributed by atoms with E-state index in [1.54, 1.807) is 12.2 Å². The van der Waals surface area contributed by atoms with Crippen LogP contribution < -0.4 is 11.3 Å². The molecular weight excluding hydrogens is 120 g/mol. The van der Waals surface area contributed by atoms with Gasteiger partial charge in [0.05, 0.1) is 0 Å². The van der Waals surface area contributed by atoms with Crippen LogP contribution in [0.25, 0.3) is 0 Å². The van der Waals surface area contributed by atoms with Crippen molar-refractivity contribution in [3.05, 3.63) is 12.2 Å². The Morgan fingerprint density at radius 3 is 3.00 bits per heavy atom. The summed E-state index contributed by atoms with van der Waals surface area (Å²) >= 11 is 0. The van der Waals surface area contributed by atoms with Crippen LogP contribution in [0.4, 0.5) is 4.79 Å². The summed E-state index contributed by atoms with van der Waals surface area (Å²) in [6.45, 7) is 2.10. The molecule has 3 N–H and O–H groups in total. The van der Waals surface area contributed by atoms with Crippen molar-refractivity contribution in [2.75, 3.05) is 6.61 Å². The second-order valence-corrected chi connectivity index (χ2v) is 1.31. The van der Waals surface area contributed by atoms with Gasteiger partial charge in [-0.2, -0.15) is 0 Å². The highest BCUT2D eigenvalue weighted by Gasteiger charge is 1.91. The fourth-order valence-corrected chi connectivity index (χ4v) is 0.262. The average Bonchev–Trinajstić information content (AvgIpc) is 1.89. The van der Waals surface area contributed by atoms with Gasteiger partial charge in [0.15, 0.2) is 0 Å². The summed E-state index contributed by atoms with van der Waals surface area (Å²) in [7, 11) is 0. The maximum Gasteiger partial charge on any atom is 0.421 e. The van der Waals surface area contributed by atoms with E-state index in [9.17, 15) is 4.79 Å². The lowest BCUT2D eigenvalue weighted by Crippen LogP contribution is -2.30. The van der Waals surface area contributed by atoms with Gasteiger partial charge in [-0.05, 0) is 6.92 Å². The molecule has 0 aliphatic rings. The van der Waals surface area contributed by atoms with Crippen molar-refractivity contribution in [1.82, 2.24) is 5.43 Å². The third kappa shape index (κ3) is 4.83. The zero-order valence-corrected chi connectivity index (χ0v) is 5.26. The topological polar surface area (TPSA) is 64.3 Å². The van der Waals surface area contributed by atoms with Gasteiger partial charge in [-0.25, -0.2) is 10.6 Å². The molecule has 0 saturated carbocycles. The van der Waals surface area contributed by atoms with Crippen LogP contribution in [0.5, 0.6) is 0 Å². The van der Waals surface area contributed by atoms with Crippen LogP contribution in [0, 0.1) is 0 Å². The summed E-state index contributed by atoms with van der Waals surface area (Å²) in [6.07, 6.45) is 2.87. The molecule has 0 rings (SSSR count). The van der Waals surface area contributed by atoms with Gasteiger partial charge in [-0.1, -0.05) is 12.2 Å². The van der Waals surface area contributed by atoms with E-state index in [2.05, 4.69) is 4.74 Å². The molecule has 9 heavy (non-hydrogen) atoms. The van der Waals surface area contributed by atoms with Crippen molar-refractivity contribution in [1.29, 1.82) is 0 Å². The van der Waals surface area contributed by atoms with Gasteiger partial charge in [0, 0.05) is 0 Å². The zero-order chi connectivity index (χ0) is 7.11. The Hall–Kier alpha value is -1.03. The highest BCUT2D eigenvalue weighted by atomic mass is 16.5. The van der Waals surface area contributed by atoms with Gasteiger partial charge in [-0.15, -0.1) is 0 Å². The number of hydrogen-bond donors (Lipinski definition) is 2. The van der Waals surface area contributed by atoms with Crippen LogP contribution in [-0.4, -0.2) is 12.7 Å². The van der Waals surface area contributed by atoms with Crippen molar-refractivity contribution in [3.63, 3.8) is 0 Å². The first kappa shape index (κ1) is 7.97. The highest BCUT2D eigenvalue weighted by Crippen LogP contribution is 1.76. The Labute approximate surface area is 53.6 Å². The lowest BCUT2D eigenvalue weighted by Gasteiger charge is -1.97. The predicted octanol–water partition coefficient (Wildman–Crippen LogP) is 0.162. The molecule has 0 unspecified atom stereocenters. The molecule has 0 heterocycles. The lowest BCUT2D eigenvalue weighted by molar-refractivity contribution is 0.158. The molecule has 0 saturated heterocycles. The van der Waals surface area contributed by atoms with Crippen LogP contribution >= 0.6 is 0 Å². The molecule has 1 amide bonds. The monoisotopic (exact) mass is 130 g/mol. The highest BCUT2D eigenvalue weighted by molar-refractivity contribution is 5.66. The third-order valence-electron chi connectivity index (χ3n) is 0.664. The number of rotatable bonds is 2. The number of nitrogens with two attached hydrogens (primary N) is 1. The SMILES string of the molecule is CC=CCOC(=O)NN. The van der Waals surface area contributed by atoms with Crippen LogP contribution in [-0.2, 0) is 4.74 Å². The zero-order valence-electron chi connectivity index (χ0n) is 5.26. The van der Waals surface area contributed by atoms with Gasteiger partial charge in [0.1, 0.15) is 6.61 Å². The van der Waals surface area contributed by atoms with Crippen molar-refractivity contribution in [2.24, 2.45) is 5.84 Å². The normalized spacial score (nSPS) is 9.56. The molecular formula is C5H10N2O2. The molecule has 4 heteroatoms. The fraction of sp³-hybridized carbons (Fsp3) is 0.400. The Morgan fingerprint density at radius 1 is 1.89 bits per heavy atom. The summed E-state index contributed by atoms with van der Waals surface area (Å²) in [5, 5.41) is 0. The molecule has 0 aromatic rings. The molecule has 0 fully saturated rings. The number of hydrazine groups is 1. The van der Waals surface area contributed by atoms with E-state index in [0.717, 1.165) is 0 Å². The van der Waals surface area contributed by atoms with E-state index < -0.39 is 6.09 Å². The molecule has 4 nitrogen and oxygen atoms in total. The van der Waals surface area contributed by atoms with Gasteiger partial charge < -0.3 is 4.74 Å². The maximum atomic E-state index is 10.2. The van der Waals surface area contributed by atoms with Crippen molar-refractivity contribution >= 4 is 6.09 Å². The molecule has 0 atom stereocenters. The number of nitrogens with one attached hydrogen (secondary N) is 1. The van der Waals surface area contributed by atoms with Gasteiger partial charge >= 0.3 is 6.09 Å². The summed E-state index contributed by atoms with van der Waals surface area (Å²) < 4.78 is 4.47. The van der Waals surface area contributed by atoms with Crippen molar-refractivity contribution < 1.29 is 9.53 Å². The summed E-state index contributed by atoms with van der Waals surface area (Å²) in [6, 6.07) is 0. The Morgan fingerprint density at radius 2 is 2.56 bits per heavy atom. The van der Waals surface area contributed by atoms with Crippen LogP contribution in [0.15, 0.2) is 12.2 Å². The Bertz CT molecular complexity index is 112. The van der Waals surface area contributed by atoms with E-state index in [-0.39, 0.29) is 6.61 Å². The molecule has 0 aliphatic heterocycles. The average molecular weight is 130 g/mol. The van der Waals surface area contributed by atoms with Crippen LogP contribution in [0.3, 0.4) is 0 Å². The van der Waals surface area contributed by atoms with E-state index in [4.69, 9.17) is 5.84 Å². The lowest BCUT2D eigenvalue weighted by atomic mass is 10.6. The number of ether oxygens (including phenoxy) is 1. The molecule has 0 aliphatic carbocycles. The molecule has 0 aromatic heterocycles. The molecule has 0 radical (unpaired) electrons. The minimum absolute atomic E-state index is 0.263. The van der Waals surface area contributed by atoms with Gasteiger partial charge in [0.25, 0.3) is 0 Å². The Balaban J connectivity index is 3.17. The van der Waals surface area contributed by atoms with E-state index in [1.807, 2.05) is 12.3 Å².